The average molecular weight is 309 g/mol. The Labute approximate surface area is 120 Å². The van der Waals surface area contributed by atoms with Crippen LogP contribution in [0.3, 0.4) is 0 Å². The van der Waals surface area contributed by atoms with Crippen LogP contribution in [0.1, 0.15) is 31.2 Å². The Bertz CT molecular complexity index is 591. The standard InChI is InChI=1S/C14H16F3S.ClH/c1-9-6-5-7-11-10(9)8-12(13(2,3)4)18(11)14(15,16)17;/h5-8H,1-4H3;1H/q+1;/p-1. The maximum absolute atomic E-state index is 13.3. The van der Waals surface area contributed by atoms with Gasteiger partial charge in [0.25, 0.3) is 0 Å². The molecule has 0 N–H and O–H groups in total. The van der Waals surface area contributed by atoms with Crippen molar-refractivity contribution < 1.29 is 25.6 Å². The molecule has 1 aromatic heterocycles. The van der Waals surface area contributed by atoms with Gasteiger partial charge in [0.1, 0.15) is 0 Å². The Balaban J connectivity index is 0.00000180. The van der Waals surface area contributed by atoms with Gasteiger partial charge in [-0.3, -0.25) is 0 Å². The zero-order chi connectivity index (χ0) is 13.7. The zero-order valence-electron chi connectivity index (χ0n) is 11.2. The Morgan fingerprint density at radius 3 is 2.11 bits per heavy atom. The monoisotopic (exact) mass is 308 g/mol. The quantitative estimate of drug-likeness (QED) is 0.657. The summed E-state index contributed by atoms with van der Waals surface area (Å²) in [5.41, 5.74) is -3.75. The van der Waals surface area contributed by atoms with E-state index in [0.717, 1.165) is 10.9 Å². The van der Waals surface area contributed by atoms with E-state index in [9.17, 15) is 13.2 Å². The normalized spacial score (nSPS) is 13.5. The lowest BCUT2D eigenvalue weighted by Gasteiger charge is -2.13. The summed E-state index contributed by atoms with van der Waals surface area (Å²) >= 11 is 0. The number of thiophene rings is 1. The maximum atomic E-state index is 13.3. The Morgan fingerprint density at radius 1 is 1.05 bits per heavy atom. The predicted octanol–water partition coefficient (Wildman–Crippen LogP) is 2.68. The highest BCUT2D eigenvalue weighted by molar-refractivity contribution is 7.38. The van der Waals surface area contributed by atoms with Gasteiger partial charge in [0.15, 0.2) is 9.58 Å². The van der Waals surface area contributed by atoms with Crippen molar-refractivity contribution in [3.8, 4) is 0 Å². The van der Waals surface area contributed by atoms with E-state index in [4.69, 9.17) is 0 Å². The van der Waals surface area contributed by atoms with Crippen LogP contribution in [0.25, 0.3) is 10.1 Å². The van der Waals surface area contributed by atoms with Crippen LogP contribution in [0.5, 0.6) is 0 Å². The van der Waals surface area contributed by atoms with Gasteiger partial charge in [0, 0.05) is 16.9 Å². The van der Waals surface area contributed by atoms with Crippen LogP contribution in [0.15, 0.2) is 24.3 Å². The minimum Gasteiger partial charge on any atom is -1.00 e. The molecule has 2 aromatic rings. The summed E-state index contributed by atoms with van der Waals surface area (Å²) < 4.78 is 40.4. The van der Waals surface area contributed by atoms with Gasteiger partial charge in [-0.2, -0.15) is 0 Å². The molecule has 19 heavy (non-hydrogen) atoms. The summed E-state index contributed by atoms with van der Waals surface area (Å²) in [7, 11) is -1.78. The second-order valence-electron chi connectivity index (χ2n) is 5.50. The van der Waals surface area contributed by atoms with Crippen LogP contribution >= 0.6 is 10.5 Å². The molecular formula is C14H16ClF3S. The van der Waals surface area contributed by atoms with E-state index in [1.54, 1.807) is 18.2 Å². The topological polar surface area (TPSA) is 0 Å². The lowest BCUT2D eigenvalue weighted by molar-refractivity contribution is -0.0869. The maximum Gasteiger partial charge on any atom is 0.600 e. The van der Waals surface area contributed by atoms with Gasteiger partial charge >= 0.3 is 5.51 Å². The molecule has 1 atom stereocenters. The second kappa shape index (κ2) is 4.98. The molecule has 0 bridgehead atoms. The summed E-state index contributed by atoms with van der Waals surface area (Å²) in [5.74, 6) is 0. The molecule has 0 nitrogen and oxygen atoms in total. The number of fused-ring (bicyclic) bond motifs is 1. The van der Waals surface area contributed by atoms with Crippen molar-refractivity contribution in [2.75, 3.05) is 0 Å². The molecule has 0 aliphatic rings. The van der Waals surface area contributed by atoms with Gasteiger partial charge in [-0.25, -0.2) is 0 Å². The molecular weight excluding hydrogens is 293 g/mol. The van der Waals surface area contributed by atoms with E-state index >= 15 is 0 Å². The molecule has 5 heteroatoms. The molecule has 0 fully saturated rings. The van der Waals surface area contributed by atoms with Crippen molar-refractivity contribution in [2.24, 2.45) is 0 Å². The van der Waals surface area contributed by atoms with Gasteiger partial charge in [0.2, 0.25) is 0 Å². The number of alkyl halides is 3. The molecule has 1 unspecified atom stereocenters. The van der Waals surface area contributed by atoms with Gasteiger partial charge in [-0.15, -0.1) is 13.2 Å². The van der Waals surface area contributed by atoms with Gasteiger partial charge in [0.05, 0.1) is 10.5 Å². The predicted molar refractivity (Wildman–Crippen MR) is 71.2 cm³/mol. The fourth-order valence-corrected chi connectivity index (χ4v) is 4.34. The first-order valence-corrected chi connectivity index (χ1v) is 6.98. The average Bonchev–Trinajstić information content (AvgIpc) is 2.56. The van der Waals surface area contributed by atoms with Crippen LogP contribution < -0.4 is 12.4 Å². The summed E-state index contributed by atoms with van der Waals surface area (Å²) in [6.45, 7) is 7.38. The van der Waals surface area contributed by atoms with E-state index in [0.29, 0.717) is 9.58 Å². The minimum atomic E-state index is -4.20. The van der Waals surface area contributed by atoms with Crippen LogP contribution in [-0.4, -0.2) is 0 Å². The number of hydrogen-bond donors (Lipinski definition) is 0. The van der Waals surface area contributed by atoms with Crippen molar-refractivity contribution in [1.82, 2.24) is 0 Å². The summed E-state index contributed by atoms with van der Waals surface area (Å²) in [5, 5.41) is 0.753. The molecule has 0 aliphatic carbocycles. The first-order valence-electron chi connectivity index (χ1n) is 5.75. The number of aryl methyl sites for hydroxylation is 1. The number of rotatable bonds is 0. The third-order valence-electron chi connectivity index (χ3n) is 2.97. The fraction of sp³-hybridized carbons (Fsp3) is 0.429. The number of hydrogen-bond acceptors (Lipinski definition) is 0. The first kappa shape index (κ1) is 16.3. The Kier molecular flexibility index (Phi) is 4.28. The first-order chi connectivity index (χ1) is 8.12. The lowest BCUT2D eigenvalue weighted by atomic mass is 9.94. The van der Waals surface area contributed by atoms with Gasteiger partial charge in [-0.05, 0) is 18.6 Å². The molecule has 0 saturated heterocycles. The Morgan fingerprint density at radius 2 is 1.63 bits per heavy atom. The van der Waals surface area contributed by atoms with Crippen LogP contribution in [0, 0.1) is 6.92 Å². The minimum absolute atomic E-state index is 0. The molecule has 0 saturated carbocycles. The van der Waals surface area contributed by atoms with E-state index in [-0.39, 0.29) is 12.4 Å². The zero-order valence-corrected chi connectivity index (χ0v) is 12.8. The van der Waals surface area contributed by atoms with E-state index in [2.05, 4.69) is 0 Å². The highest BCUT2D eigenvalue weighted by Crippen LogP contribution is 2.54. The van der Waals surface area contributed by atoms with E-state index < -0.39 is 21.4 Å². The molecule has 0 radical (unpaired) electrons. The van der Waals surface area contributed by atoms with Crippen LogP contribution in [0.2, 0.25) is 0 Å². The summed E-state index contributed by atoms with van der Waals surface area (Å²) in [6.07, 6.45) is 0. The number of halogens is 4. The third kappa shape index (κ3) is 2.90. The molecule has 1 aromatic carbocycles. The molecule has 0 aliphatic heterocycles. The largest absolute Gasteiger partial charge is 1.00 e. The molecule has 106 valence electrons. The van der Waals surface area contributed by atoms with Crippen molar-refractivity contribution in [3.05, 3.63) is 34.7 Å². The molecule has 1 heterocycles. The molecule has 0 amide bonds. The summed E-state index contributed by atoms with van der Waals surface area (Å²) in [6, 6.07) is 6.91. The van der Waals surface area contributed by atoms with Crippen LogP contribution in [0.4, 0.5) is 13.2 Å². The highest BCUT2D eigenvalue weighted by atomic mass is 35.5. The van der Waals surface area contributed by atoms with Crippen molar-refractivity contribution in [1.29, 1.82) is 0 Å². The van der Waals surface area contributed by atoms with E-state index in [1.165, 1.54) is 0 Å². The second-order valence-corrected chi connectivity index (χ2v) is 7.45. The van der Waals surface area contributed by atoms with Crippen molar-refractivity contribution >= 4 is 20.6 Å². The van der Waals surface area contributed by atoms with Gasteiger partial charge in [-0.1, -0.05) is 32.9 Å². The summed E-state index contributed by atoms with van der Waals surface area (Å²) in [4.78, 5) is 0.485. The highest BCUT2D eigenvalue weighted by Gasteiger charge is 2.50. The van der Waals surface area contributed by atoms with Crippen LogP contribution in [-0.2, 0) is 10.9 Å². The smallest absolute Gasteiger partial charge is 0.600 e. The third-order valence-corrected chi connectivity index (χ3v) is 5.40. The van der Waals surface area contributed by atoms with Crippen molar-refractivity contribution in [3.63, 3.8) is 0 Å². The fourth-order valence-electron chi connectivity index (χ4n) is 2.10. The molecule has 0 spiro atoms. The number of benzene rings is 1. The lowest BCUT2D eigenvalue weighted by Crippen LogP contribution is -3.00. The molecule has 2 rings (SSSR count). The van der Waals surface area contributed by atoms with Crippen molar-refractivity contribution in [2.45, 2.75) is 38.6 Å². The van der Waals surface area contributed by atoms with E-state index in [1.807, 2.05) is 33.8 Å². The van der Waals surface area contributed by atoms with Gasteiger partial charge < -0.3 is 12.4 Å². The SMILES string of the molecule is Cc1cccc2c1cc(C(C)(C)C)[s+]2C(F)(F)F.[Cl-]. The Hall–Kier alpha value is -0.740.